The normalized spacial score (nSPS) is 10.6. The first-order valence-corrected chi connectivity index (χ1v) is 6.65. The van der Waals surface area contributed by atoms with Gasteiger partial charge in [-0.05, 0) is 47.5 Å². The number of aromatic nitrogens is 2. The van der Waals surface area contributed by atoms with Crippen molar-refractivity contribution < 1.29 is 4.39 Å². The van der Waals surface area contributed by atoms with Crippen LogP contribution in [0.3, 0.4) is 0 Å². The number of aryl methyl sites for hydroxylation is 1. The number of hydrogen-bond acceptors (Lipinski definition) is 4. The maximum atomic E-state index is 13.1. The zero-order valence-electron chi connectivity index (χ0n) is 10.7. The van der Waals surface area contributed by atoms with Crippen LogP contribution in [0.4, 0.5) is 10.2 Å². The fourth-order valence-electron chi connectivity index (χ4n) is 1.93. The molecule has 4 nitrogen and oxygen atoms in total. The highest BCUT2D eigenvalue weighted by Crippen LogP contribution is 2.28. The molecule has 2 rings (SSSR count). The number of anilines is 1. The Labute approximate surface area is 119 Å². The minimum atomic E-state index is -0.310. The lowest BCUT2D eigenvalue weighted by Crippen LogP contribution is -2.13. The smallest absolute Gasteiger partial charge is 0.162 e. The number of nitrogens with two attached hydrogens (primary N) is 1. The minimum Gasteiger partial charge on any atom is -0.308 e. The lowest BCUT2D eigenvalue weighted by Gasteiger charge is -2.12. The van der Waals surface area contributed by atoms with Crippen LogP contribution >= 0.6 is 15.9 Å². The van der Waals surface area contributed by atoms with Gasteiger partial charge in [0, 0.05) is 21.3 Å². The van der Waals surface area contributed by atoms with Crippen LogP contribution in [0.5, 0.6) is 0 Å². The summed E-state index contributed by atoms with van der Waals surface area (Å²) in [6, 6.07) is 4.40. The van der Waals surface area contributed by atoms with Gasteiger partial charge < -0.3 is 5.43 Å². The predicted molar refractivity (Wildman–Crippen MR) is 77.1 cm³/mol. The van der Waals surface area contributed by atoms with E-state index >= 15 is 0 Å². The number of nitrogens with one attached hydrogen (secondary N) is 1. The molecule has 0 aliphatic heterocycles. The lowest BCUT2D eigenvalue weighted by atomic mass is 10.1. The Balaban J connectivity index is 2.60. The van der Waals surface area contributed by atoms with Crippen molar-refractivity contribution in [1.82, 2.24) is 9.97 Å². The van der Waals surface area contributed by atoms with Gasteiger partial charge in [-0.3, -0.25) is 0 Å². The Kier molecular flexibility index (Phi) is 4.11. The van der Waals surface area contributed by atoms with Gasteiger partial charge in [0.1, 0.15) is 11.6 Å². The number of nitrogens with zero attached hydrogens (tertiary/aromatic N) is 2. The molecule has 1 aromatic heterocycles. The van der Waals surface area contributed by atoms with E-state index in [-0.39, 0.29) is 5.82 Å². The van der Waals surface area contributed by atoms with Gasteiger partial charge in [-0.2, -0.15) is 0 Å². The Bertz CT molecular complexity index is 616. The second-order valence-corrected chi connectivity index (χ2v) is 4.94. The summed E-state index contributed by atoms with van der Waals surface area (Å²) in [6.07, 6.45) is 0.788. The topological polar surface area (TPSA) is 63.8 Å². The van der Waals surface area contributed by atoms with Crippen molar-refractivity contribution >= 4 is 21.7 Å². The maximum Gasteiger partial charge on any atom is 0.162 e. The van der Waals surface area contributed by atoms with Crippen molar-refractivity contribution in [2.24, 2.45) is 5.84 Å². The van der Waals surface area contributed by atoms with E-state index in [9.17, 15) is 4.39 Å². The first-order valence-electron chi connectivity index (χ1n) is 5.86. The molecular weight excluding hydrogens is 311 g/mol. The van der Waals surface area contributed by atoms with Crippen LogP contribution in [0.15, 0.2) is 22.7 Å². The van der Waals surface area contributed by atoms with Gasteiger partial charge in [-0.15, -0.1) is 0 Å². The molecule has 6 heteroatoms. The molecule has 0 aliphatic carbocycles. The molecule has 1 aromatic carbocycles. The largest absolute Gasteiger partial charge is 0.308 e. The van der Waals surface area contributed by atoms with Crippen molar-refractivity contribution in [3.05, 3.63) is 39.7 Å². The highest BCUT2D eigenvalue weighted by Gasteiger charge is 2.13. The number of rotatable bonds is 3. The number of nitrogen functional groups attached to an aromatic ring is 1. The molecule has 3 N–H and O–H groups in total. The average Bonchev–Trinajstić information content (AvgIpc) is 2.37. The molecule has 0 atom stereocenters. The van der Waals surface area contributed by atoms with E-state index in [0.29, 0.717) is 16.1 Å². The van der Waals surface area contributed by atoms with Gasteiger partial charge in [-0.25, -0.2) is 20.2 Å². The van der Waals surface area contributed by atoms with Gasteiger partial charge in [0.25, 0.3) is 0 Å². The summed E-state index contributed by atoms with van der Waals surface area (Å²) in [6.45, 7) is 3.92. The van der Waals surface area contributed by atoms with E-state index in [2.05, 4.69) is 31.3 Å². The van der Waals surface area contributed by atoms with E-state index in [1.165, 1.54) is 12.1 Å². The molecule has 0 aliphatic rings. The first-order chi connectivity index (χ1) is 9.06. The van der Waals surface area contributed by atoms with E-state index in [1.807, 2.05) is 13.8 Å². The van der Waals surface area contributed by atoms with Crippen molar-refractivity contribution in [2.45, 2.75) is 20.3 Å². The molecule has 0 bridgehead atoms. The van der Waals surface area contributed by atoms with Gasteiger partial charge >= 0.3 is 0 Å². The third-order valence-corrected chi connectivity index (χ3v) is 3.53. The van der Waals surface area contributed by atoms with Gasteiger partial charge in [0.2, 0.25) is 0 Å². The van der Waals surface area contributed by atoms with Crippen LogP contribution in [0, 0.1) is 12.7 Å². The molecule has 0 amide bonds. The second kappa shape index (κ2) is 5.63. The standard InChI is InChI=1S/C13H14BrFN4/c1-3-9-7(2)17-12(18-13(9)19-16)10-5-4-8(15)6-11(10)14/h4-6H,3,16H2,1-2H3,(H,17,18,19). The Morgan fingerprint density at radius 3 is 2.68 bits per heavy atom. The van der Waals surface area contributed by atoms with Crippen molar-refractivity contribution in [1.29, 1.82) is 0 Å². The van der Waals surface area contributed by atoms with E-state index in [0.717, 1.165) is 23.2 Å². The Morgan fingerprint density at radius 1 is 1.37 bits per heavy atom. The van der Waals surface area contributed by atoms with Crippen LogP contribution < -0.4 is 11.3 Å². The van der Waals surface area contributed by atoms with Crippen molar-refractivity contribution in [3.63, 3.8) is 0 Å². The average molecular weight is 325 g/mol. The van der Waals surface area contributed by atoms with Crippen LogP contribution in [-0.2, 0) is 6.42 Å². The summed E-state index contributed by atoms with van der Waals surface area (Å²) >= 11 is 3.32. The molecule has 0 fully saturated rings. The number of benzene rings is 1. The monoisotopic (exact) mass is 324 g/mol. The first kappa shape index (κ1) is 13.9. The SMILES string of the molecule is CCc1c(C)nc(-c2ccc(F)cc2Br)nc1NN. The molecular formula is C13H14BrFN4. The maximum absolute atomic E-state index is 13.1. The fourth-order valence-corrected chi connectivity index (χ4v) is 2.46. The quantitative estimate of drug-likeness (QED) is 0.672. The summed E-state index contributed by atoms with van der Waals surface area (Å²) in [5, 5.41) is 0. The third kappa shape index (κ3) is 2.74. The summed E-state index contributed by atoms with van der Waals surface area (Å²) in [5.41, 5.74) is 5.15. The van der Waals surface area contributed by atoms with Crippen LogP contribution in [0.1, 0.15) is 18.2 Å². The zero-order valence-corrected chi connectivity index (χ0v) is 12.3. The number of halogens is 2. The molecule has 100 valence electrons. The Morgan fingerprint density at radius 2 is 2.11 bits per heavy atom. The molecule has 0 saturated carbocycles. The van der Waals surface area contributed by atoms with E-state index < -0.39 is 0 Å². The lowest BCUT2D eigenvalue weighted by molar-refractivity contribution is 0.627. The van der Waals surface area contributed by atoms with Gasteiger partial charge in [0.15, 0.2) is 5.82 Å². The minimum absolute atomic E-state index is 0.310. The highest BCUT2D eigenvalue weighted by atomic mass is 79.9. The summed E-state index contributed by atoms with van der Waals surface area (Å²) in [4.78, 5) is 8.84. The predicted octanol–water partition coefficient (Wildman–Crippen LogP) is 3.20. The molecule has 0 spiro atoms. The molecule has 19 heavy (non-hydrogen) atoms. The summed E-state index contributed by atoms with van der Waals surface area (Å²) in [5.74, 6) is 6.29. The molecule has 0 saturated heterocycles. The number of hydrazine groups is 1. The van der Waals surface area contributed by atoms with E-state index in [1.54, 1.807) is 6.07 Å². The van der Waals surface area contributed by atoms with E-state index in [4.69, 9.17) is 5.84 Å². The summed E-state index contributed by atoms with van der Waals surface area (Å²) < 4.78 is 13.7. The molecule has 0 unspecified atom stereocenters. The fraction of sp³-hybridized carbons (Fsp3) is 0.231. The van der Waals surface area contributed by atoms with Gasteiger partial charge in [-0.1, -0.05) is 6.92 Å². The Hall–Kier alpha value is -1.53. The second-order valence-electron chi connectivity index (χ2n) is 4.08. The molecule has 1 heterocycles. The van der Waals surface area contributed by atoms with Crippen molar-refractivity contribution in [2.75, 3.05) is 5.43 Å². The van der Waals surface area contributed by atoms with Crippen LogP contribution in [0.2, 0.25) is 0 Å². The van der Waals surface area contributed by atoms with Crippen molar-refractivity contribution in [3.8, 4) is 11.4 Å². The van der Waals surface area contributed by atoms with Crippen LogP contribution in [-0.4, -0.2) is 9.97 Å². The third-order valence-electron chi connectivity index (χ3n) is 2.88. The number of hydrogen-bond donors (Lipinski definition) is 2. The highest BCUT2D eigenvalue weighted by molar-refractivity contribution is 9.10. The summed E-state index contributed by atoms with van der Waals surface area (Å²) in [7, 11) is 0. The molecule has 2 aromatic rings. The zero-order chi connectivity index (χ0) is 14.0. The van der Waals surface area contributed by atoms with Gasteiger partial charge in [0.05, 0.1) is 0 Å². The van der Waals surface area contributed by atoms with Crippen LogP contribution in [0.25, 0.3) is 11.4 Å². The molecule has 0 radical (unpaired) electrons.